The monoisotopic (exact) mass is 700 g/mol. The van der Waals surface area contributed by atoms with Crippen LogP contribution in [0.25, 0.3) is 34.4 Å². The minimum absolute atomic E-state index is 0.101. The van der Waals surface area contributed by atoms with Gasteiger partial charge < -0.3 is 5.32 Å². The van der Waals surface area contributed by atoms with Gasteiger partial charge >= 0.3 is 0 Å². The van der Waals surface area contributed by atoms with E-state index in [0.717, 1.165) is 46.5 Å². The normalized spacial score (nSPS) is 27.3. The van der Waals surface area contributed by atoms with Crippen LogP contribution >= 0.6 is 0 Å². The predicted octanol–water partition coefficient (Wildman–Crippen LogP) is 10.2. The second-order valence-corrected chi connectivity index (χ2v) is 15.4. The largest absolute Gasteiger partial charge is 0.353 e. The van der Waals surface area contributed by atoms with E-state index < -0.39 is 0 Å². The van der Waals surface area contributed by atoms with Crippen molar-refractivity contribution in [1.82, 2.24) is 15.3 Å². The van der Waals surface area contributed by atoms with E-state index in [1.807, 2.05) is 85.2 Å². The standard InChI is InChI=1S/C47H50N5O/c1-30-14-15-35(43(32(30)3)23-21-41-19-17-39(29-51-41)45-13-9-7-11-37(45)27-49)25-47(53)52-46-24-31(2)33(4)42(34(46)5)22-20-40-18-16-38(28-50-40)44-12-8-6-10-36(44)26-48/h6-13,15-23,28-35,42-43,46H,14,24-25H2,1-5H3,(H,52,53)/b22-20+,23-21+/t30-,31-,32+,33+,34-,35-,42-,43-,46+/m0/s1. The number of aromatic nitrogens is 2. The molecule has 269 valence electrons. The molecular weight excluding hydrogens is 651 g/mol. The number of carbonyl (C=O) groups excluding carboxylic acids is 1. The number of hydrogen-bond donors (Lipinski definition) is 1. The number of rotatable bonds is 9. The number of carbonyl (C=O) groups is 1. The predicted molar refractivity (Wildman–Crippen MR) is 213 cm³/mol. The summed E-state index contributed by atoms with van der Waals surface area (Å²) in [5.74, 6) is 3.00. The lowest BCUT2D eigenvalue weighted by atomic mass is 9.65. The number of allylic oxidation sites excluding steroid dienone is 2. The maximum absolute atomic E-state index is 13.8. The summed E-state index contributed by atoms with van der Waals surface area (Å²) in [6, 6.07) is 27.9. The lowest BCUT2D eigenvalue weighted by molar-refractivity contribution is -0.124. The maximum Gasteiger partial charge on any atom is 0.220 e. The van der Waals surface area contributed by atoms with Gasteiger partial charge in [0.15, 0.2) is 0 Å². The minimum Gasteiger partial charge on any atom is -0.353 e. The van der Waals surface area contributed by atoms with Gasteiger partial charge in [-0.15, -0.1) is 0 Å². The van der Waals surface area contributed by atoms with Gasteiger partial charge in [0.2, 0.25) is 5.91 Å². The SMILES string of the molecule is C[C@H]1[C@H](/C=C/c2ccc(-c3ccccc3C#N)cn2)[C@H](C)[C@H](NC(=O)C[C@@H]2[CH]C[C@H](C)[C@@H](C)[C@@H]2/C=C/c2ccc(-c3ccccc3C#N)cn2)C[C@@H]1C. The van der Waals surface area contributed by atoms with Crippen LogP contribution in [0.3, 0.4) is 0 Å². The zero-order chi connectivity index (χ0) is 37.5. The first-order chi connectivity index (χ1) is 25.7. The fourth-order valence-corrected chi connectivity index (χ4v) is 8.46. The summed E-state index contributed by atoms with van der Waals surface area (Å²) in [4.78, 5) is 23.2. The highest BCUT2D eigenvalue weighted by molar-refractivity contribution is 5.77. The number of pyridine rings is 2. The molecule has 1 amide bonds. The third-order valence-corrected chi connectivity index (χ3v) is 12.2. The molecule has 2 saturated carbocycles. The summed E-state index contributed by atoms with van der Waals surface area (Å²) in [6.45, 7) is 11.5. The van der Waals surface area contributed by atoms with E-state index >= 15 is 0 Å². The minimum atomic E-state index is 0.101. The summed E-state index contributed by atoms with van der Waals surface area (Å²) in [5.41, 5.74) is 6.65. The molecule has 2 heterocycles. The first-order valence-corrected chi connectivity index (χ1v) is 19.1. The Hall–Kier alpha value is -5.33. The van der Waals surface area contributed by atoms with Crippen LogP contribution in [0, 0.1) is 76.4 Å². The summed E-state index contributed by atoms with van der Waals surface area (Å²) in [5, 5.41) is 22.5. The third kappa shape index (κ3) is 8.66. The molecule has 0 spiro atoms. The van der Waals surface area contributed by atoms with Crippen LogP contribution in [0.2, 0.25) is 0 Å². The molecule has 1 radical (unpaired) electrons. The molecule has 2 aliphatic carbocycles. The summed E-state index contributed by atoms with van der Waals surface area (Å²) >= 11 is 0. The Morgan fingerprint density at radius 2 is 1.25 bits per heavy atom. The van der Waals surface area contributed by atoms with Crippen LogP contribution in [0.15, 0.2) is 97.3 Å². The fourth-order valence-electron chi connectivity index (χ4n) is 8.46. The molecule has 6 rings (SSSR count). The van der Waals surface area contributed by atoms with Gasteiger partial charge in [-0.2, -0.15) is 10.5 Å². The quantitative estimate of drug-likeness (QED) is 0.187. The lowest BCUT2D eigenvalue weighted by Crippen LogP contribution is -2.49. The van der Waals surface area contributed by atoms with Crippen LogP contribution in [0.5, 0.6) is 0 Å². The van der Waals surface area contributed by atoms with Gasteiger partial charge in [0.05, 0.1) is 34.7 Å². The summed E-state index contributed by atoms with van der Waals surface area (Å²) in [7, 11) is 0. The van der Waals surface area contributed by atoms with Crippen LogP contribution < -0.4 is 5.32 Å². The highest BCUT2D eigenvalue weighted by atomic mass is 16.1. The Kier molecular flexibility index (Phi) is 12.0. The van der Waals surface area contributed by atoms with E-state index in [0.29, 0.717) is 47.1 Å². The first-order valence-electron chi connectivity index (χ1n) is 19.1. The van der Waals surface area contributed by atoms with Crippen molar-refractivity contribution in [3.8, 4) is 34.4 Å². The van der Waals surface area contributed by atoms with Crippen LogP contribution in [-0.4, -0.2) is 21.9 Å². The molecule has 0 unspecified atom stereocenters. The average Bonchev–Trinajstić information content (AvgIpc) is 3.18. The van der Waals surface area contributed by atoms with E-state index in [4.69, 9.17) is 9.97 Å². The summed E-state index contributed by atoms with van der Waals surface area (Å²) in [6.07, 6.45) is 17.2. The number of hydrogen-bond acceptors (Lipinski definition) is 5. The number of amides is 1. The Labute approximate surface area is 315 Å². The van der Waals surface area contributed by atoms with Gasteiger partial charge in [0, 0.05) is 47.1 Å². The Morgan fingerprint density at radius 1 is 0.717 bits per heavy atom. The van der Waals surface area contributed by atoms with Gasteiger partial charge in [-0.1, -0.05) is 95.3 Å². The van der Waals surface area contributed by atoms with E-state index in [-0.39, 0.29) is 29.7 Å². The Balaban J connectivity index is 1.10. The smallest absolute Gasteiger partial charge is 0.220 e. The van der Waals surface area contributed by atoms with Crippen molar-refractivity contribution in [1.29, 1.82) is 10.5 Å². The zero-order valence-electron chi connectivity index (χ0n) is 31.5. The second kappa shape index (κ2) is 17.0. The van der Waals surface area contributed by atoms with E-state index in [9.17, 15) is 15.3 Å². The van der Waals surface area contributed by atoms with Crippen LogP contribution in [0.4, 0.5) is 0 Å². The molecule has 2 aromatic carbocycles. The number of nitrogens with one attached hydrogen (secondary N) is 1. The highest BCUT2D eigenvalue weighted by Crippen LogP contribution is 2.42. The molecule has 53 heavy (non-hydrogen) atoms. The van der Waals surface area contributed by atoms with Gasteiger partial charge in [-0.3, -0.25) is 14.8 Å². The molecular formula is C47H50N5O. The van der Waals surface area contributed by atoms with E-state index in [1.54, 1.807) is 0 Å². The van der Waals surface area contributed by atoms with E-state index in [1.165, 1.54) is 0 Å². The second-order valence-electron chi connectivity index (χ2n) is 15.4. The Morgan fingerprint density at radius 3 is 1.77 bits per heavy atom. The number of nitrogens with zero attached hydrogens (tertiary/aromatic N) is 4. The van der Waals surface area contributed by atoms with Crippen molar-refractivity contribution in [2.75, 3.05) is 0 Å². The third-order valence-electron chi connectivity index (χ3n) is 12.2. The van der Waals surface area contributed by atoms with Crippen molar-refractivity contribution in [2.45, 2.75) is 59.9 Å². The molecule has 2 aromatic heterocycles. The van der Waals surface area contributed by atoms with Crippen molar-refractivity contribution in [2.24, 2.45) is 47.3 Å². The van der Waals surface area contributed by atoms with Gasteiger partial charge in [-0.05, 0) is 103 Å². The molecule has 1 N–H and O–H groups in total. The molecule has 2 fully saturated rings. The topological polar surface area (TPSA) is 102 Å². The lowest BCUT2D eigenvalue weighted by Gasteiger charge is -2.43. The van der Waals surface area contributed by atoms with Crippen molar-refractivity contribution < 1.29 is 4.79 Å². The molecule has 0 saturated heterocycles. The molecule has 4 aromatic rings. The molecule has 6 nitrogen and oxygen atoms in total. The molecule has 0 bridgehead atoms. The average molecular weight is 701 g/mol. The highest BCUT2D eigenvalue weighted by Gasteiger charge is 2.39. The van der Waals surface area contributed by atoms with E-state index in [2.05, 4.69) is 82.8 Å². The summed E-state index contributed by atoms with van der Waals surface area (Å²) < 4.78 is 0. The van der Waals surface area contributed by atoms with Crippen LogP contribution in [0.1, 0.15) is 76.4 Å². The maximum atomic E-state index is 13.8. The number of nitriles is 2. The van der Waals surface area contributed by atoms with Crippen molar-refractivity contribution >= 4 is 18.1 Å². The molecule has 2 aliphatic rings. The first kappa shape index (κ1) is 37.4. The van der Waals surface area contributed by atoms with Gasteiger partial charge in [0.25, 0.3) is 0 Å². The van der Waals surface area contributed by atoms with Crippen molar-refractivity contribution in [3.05, 3.63) is 126 Å². The van der Waals surface area contributed by atoms with Crippen molar-refractivity contribution in [3.63, 3.8) is 0 Å². The molecule has 6 heteroatoms. The molecule has 9 atom stereocenters. The Bertz CT molecular complexity index is 2020. The zero-order valence-corrected chi connectivity index (χ0v) is 31.5. The number of benzene rings is 2. The van der Waals surface area contributed by atoms with Gasteiger partial charge in [0.1, 0.15) is 0 Å². The van der Waals surface area contributed by atoms with Crippen LogP contribution in [-0.2, 0) is 4.79 Å². The molecule has 0 aliphatic heterocycles. The van der Waals surface area contributed by atoms with Gasteiger partial charge in [-0.25, -0.2) is 0 Å². The fraction of sp³-hybridized carbons (Fsp3) is 0.362.